The molecule has 1 spiro atoms. The molecule has 0 aromatic heterocycles. The molecule has 1 aromatic carbocycles. The van der Waals surface area contributed by atoms with Gasteiger partial charge in [0, 0.05) is 30.7 Å². The zero-order valence-electron chi connectivity index (χ0n) is 16.2. The van der Waals surface area contributed by atoms with E-state index in [9.17, 15) is 15.3 Å². The molecule has 1 aromatic rings. The number of hydrogen-bond donors (Lipinski definition) is 4. The van der Waals surface area contributed by atoms with Crippen LogP contribution in [-0.2, 0) is 11.8 Å². The number of aliphatic hydroxyl groups is 2. The van der Waals surface area contributed by atoms with E-state index in [1.54, 1.807) is 6.07 Å². The SMILES string of the molecule is OCCNC1CC[C@]2(O)C3Cc4ccc(O)c5c4[C@]2(CCN3CC2CC2)[C@@H]1O5. The zero-order valence-corrected chi connectivity index (χ0v) is 16.2. The lowest BCUT2D eigenvalue weighted by Gasteiger charge is -2.64. The highest BCUT2D eigenvalue weighted by Gasteiger charge is 2.72. The Morgan fingerprint density at radius 3 is 2.86 bits per heavy atom. The number of phenolic OH excluding ortho intramolecular Hbond substituents is 1. The summed E-state index contributed by atoms with van der Waals surface area (Å²) in [6.45, 7) is 2.68. The second-order valence-electron chi connectivity index (χ2n) is 9.61. The van der Waals surface area contributed by atoms with Crippen LogP contribution in [0.1, 0.15) is 43.2 Å². The van der Waals surface area contributed by atoms with Crippen molar-refractivity contribution < 1.29 is 20.1 Å². The molecule has 5 aliphatic rings. The van der Waals surface area contributed by atoms with Crippen LogP contribution in [0.5, 0.6) is 11.5 Å². The third-order valence-electron chi connectivity index (χ3n) is 8.28. The lowest BCUT2D eigenvalue weighted by Crippen LogP contribution is -2.78. The van der Waals surface area contributed by atoms with Gasteiger partial charge in [-0.05, 0) is 62.6 Å². The van der Waals surface area contributed by atoms with Crippen LogP contribution in [0.2, 0.25) is 0 Å². The molecule has 2 unspecified atom stereocenters. The summed E-state index contributed by atoms with van der Waals surface area (Å²) in [7, 11) is 0. The number of nitrogens with zero attached hydrogens (tertiary/aromatic N) is 1. The summed E-state index contributed by atoms with van der Waals surface area (Å²) in [5.41, 5.74) is 1.00. The first-order valence-corrected chi connectivity index (χ1v) is 10.9. The van der Waals surface area contributed by atoms with E-state index < -0.39 is 11.0 Å². The van der Waals surface area contributed by atoms with Gasteiger partial charge in [0.25, 0.3) is 0 Å². The quantitative estimate of drug-likeness (QED) is 0.602. The summed E-state index contributed by atoms with van der Waals surface area (Å²) in [5, 5.41) is 35.6. The molecule has 6 rings (SSSR count). The van der Waals surface area contributed by atoms with Crippen molar-refractivity contribution in [1.82, 2.24) is 10.2 Å². The third kappa shape index (κ3) is 2.07. The first-order chi connectivity index (χ1) is 13.6. The smallest absolute Gasteiger partial charge is 0.165 e. The lowest BCUT2D eigenvalue weighted by molar-refractivity contribution is -0.191. The van der Waals surface area contributed by atoms with E-state index in [0.717, 1.165) is 50.3 Å². The van der Waals surface area contributed by atoms with Gasteiger partial charge in [0.05, 0.1) is 17.6 Å². The fourth-order valence-corrected chi connectivity index (χ4v) is 6.94. The summed E-state index contributed by atoms with van der Waals surface area (Å²) in [6, 6.07) is 3.99. The van der Waals surface area contributed by atoms with E-state index in [1.807, 2.05) is 6.07 Å². The van der Waals surface area contributed by atoms with Gasteiger partial charge in [-0.1, -0.05) is 6.07 Å². The molecule has 6 heteroatoms. The summed E-state index contributed by atoms with van der Waals surface area (Å²) < 4.78 is 6.44. The van der Waals surface area contributed by atoms with Crippen LogP contribution >= 0.6 is 0 Å². The maximum absolute atomic E-state index is 12.3. The monoisotopic (exact) mass is 386 g/mol. The molecule has 2 bridgehead atoms. The van der Waals surface area contributed by atoms with Crippen LogP contribution in [-0.4, -0.2) is 70.2 Å². The van der Waals surface area contributed by atoms with Crippen LogP contribution in [0.3, 0.4) is 0 Å². The zero-order chi connectivity index (χ0) is 19.1. The minimum absolute atomic E-state index is 0.0702. The molecular weight excluding hydrogens is 356 g/mol. The van der Waals surface area contributed by atoms with Crippen LogP contribution in [0, 0.1) is 5.92 Å². The number of ether oxygens (including phenoxy) is 1. The average Bonchev–Trinajstić information content (AvgIpc) is 3.42. The Balaban J connectivity index is 1.49. The fourth-order valence-electron chi connectivity index (χ4n) is 6.94. The van der Waals surface area contributed by atoms with Crippen molar-refractivity contribution in [2.45, 2.75) is 67.7 Å². The summed E-state index contributed by atoms with van der Waals surface area (Å²) in [5.74, 6) is 1.57. The molecule has 0 radical (unpaired) electrons. The van der Waals surface area contributed by atoms with Gasteiger partial charge < -0.3 is 25.4 Å². The van der Waals surface area contributed by atoms with Gasteiger partial charge >= 0.3 is 0 Å². The van der Waals surface area contributed by atoms with Crippen LogP contribution in [0.25, 0.3) is 0 Å². The molecule has 5 atom stereocenters. The number of aromatic hydroxyl groups is 1. The molecule has 4 N–H and O–H groups in total. The van der Waals surface area contributed by atoms with Crippen LogP contribution in [0.4, 0.5) is 0 Å². The Labute approximate surface area is 165 Å². The van der Waals surface area contributed by atoms with E-state index >= 15 is 0 Å². The standard InChI is InChI=1S/C22H30N2O4/c25-10-8-23-15-5-6-22(27)17-11-14-3-4-16(26)19-18(14)21(22,20(15)28-19)7-9-24(17)12-13-1-2-13/h3-4,13,15,17,20,23,25-27H,1-2,5-12H2/t15?,17?,20-,21-,22+/m1/s1. The normalized spacial score (nSPS) is 40.9. The van der Waals surface area contributed by atoms with E-state index in [2.05, 4.69) is 10.2 Å². The predicted molar refractivity (Wildman–Crippen MR) is 104 cm³/mol. The third-order valence-corrected chi connectivity index (χ3v) is 8.28. The highest BCUT2D eigenvalue weighted by atomic mass is 16.5. The maximum Gasteiger partial charge on any atom is 0.165 e. The Bertz CT molecular complexity index is 812. The Hall–Kier alpha value is -1.34. The number of hydrogen-bond acceptors (Lipinski definition) is 6. The Morgan fingerprint density at radius 2 is 2.07 bits per heavy atom. The molecular formula is C22H30N2O4. The van der Waals surface area contributed by atoms with Crippen molar-refractivity contribution in [3.63, 3.8) is 0 Å². The minimum Gasteiger partial charge on any atom is -0.504 e. The predicted octanol–water partition coefficient (Wildman–Crippen LogP) is 0.907. The number of phenols is 1. The van der Waals surface area contributed by atoms with Crippen molar-refractivity contribution >= 4 is 0 Å². The number of aliphatic hydroxyl groups excluding tert-OH is 1. The molecule has 2 saturated carbocycles. The largest absolute Gasteiger partial charge is 0.504 e. The summed E-state index contributed by atoms with van der Waals surface area (Å²) in [4.78, 5) is 2.55. The molecule has 6 nitrogen and oxygen atoms in total. The van der Waals surface area contributed by atoms with Crippen molar-refractivity contribution in [3.8, 4) is 11.5 Å². The maximum atomic E-state index is 12.3. The molecule has 152 valence electrons. The first kappa shape index (κ1) is 17.5. The molecule has 2 aliphatic heterocycles. The van der Waals surface area contributed by atoms with E-state index in [4.69, 9.17) is 4.74 Å². The number of nitrogens with one attached hydrogen (secondary N) is 1. The Kier molecular flexibility index (Phi) is 3.66. The highest BCUT2D eigenvalue weighted by molar-refractivity contribution is 5.62. The van der Waals surface area contributed by atoms with Gasteiger partial charge in [-0.15, -0.1) is 0 Å². The molecule has 3 aliphatic carbocycles. The summed E-state index contributed by atoms with van der Waals surface area (Å²) >= 11 is 0. The van der Waals surface area contributed by atoms with Gasteiger partial charge in [0.1, 0.15) is 6.10 Å². The number of rotatable bonds is 5. The fraction of sp³-hybridized carbons (Fsp3) is 0.727. The van der Waals surface area contributed by atoms with Gasteiger partial charge in [0.15, 0.2) is 11.5 Å². The van der Waals surface area contributed by atoms with Gasteiger partial charge in [-0.3, -0.25) is 4.90 Å². The molecule has 0 amide bonds. The number of piperidine rings is 1. The van der Waals surface area contributed by atoms with Crippen molar-refractivity contribution in [3.05, 3.63) is 23.3 Å². The molecule has 2 heterocycles. The van der Waals surface area contributed by atoms with E-state index in [0.29, 0.717) is 12.3 Å². The van der Waals surface area contributed by atoms with Crippen molar-refractivity contribution in [2.24, 2.45) is 5.92 Å². The minimum atomic E-state index is -0.825. The average molecular weight is 386 g/mol. The second-order valence-corrected chi connectivity index (χ2v) is 9.61. The topological polar surface area (TPSA) is 85.2 Å². The Morgan fingerprint density at radius 1 is 1.21 bits per heavy atom. The highest BCUT2D eigenvalue weighted by Crippen LogP contribution is 2.65. The molecule has 28 heavy (non-hydrogen) atoms. The lowest BCUT2D eigenvalue weighted by atomic mass is 9.48. The van der Waals surface area contributed by atoms with Crippen LogP contribution in [0.15, 0.2) is 12.1 Å². The van der Waals surface area contributed by atoms with Crippen molar-refractivity contribution in [1.29, 1.82) is 0 Å². The second kappa shape index (κ2) is 5.85. The van der Waals surface area contributed by atoms with Crippen molar-refractivity contribution in [2.75, 3.05) is 26.2 Å². The van der Waals surface area contributed by atoms with Crippen LogP contribution < -0.4 is 10.1 Å². The molecule has 3 fully saturated rings. The van der Waals surface area contributed by atoms with Gasteiger partial charge in [-0.25, -0.2) is 0 Å². The summed E-state index contributed by atoms with van der Waals surface area (Å²) in [6.07, 6.45) is 5.68. The first-order valence-electron chi connectivity index (χ1n) is 10.9. The van der Waals surface area contributed by atoms with E-state index in [1.165, 1.54) is 18.4 Å². The van der Waals surface area contributed by atoms with Gasteiger partial charge in [0.2, 0.25) is 0 Å². The number of likely N-dealkylation sites (tertiary alicyclic amines) is 1. The molecule has 1 saturated heterocycles. The number of benzene rings is 1. The van der Waals surface area contributed by atoms with E-state index in [-0.39, 0.29) is 30.5 Å². The van der Waals surface area contributed by atoms with Gasteiger partial charge in [-0.2, -0.15) is 0 Å².